The summed E-state index contributed by atoms with van der Waals surface area (Å²) in [6, 6.07) is 8.97. The van der Waals surface area contributed by atoms with Crippen LogP contribution in [-0.4, -0.2) is 18.9 Å². The van der Waals surface area contributed by atoms with Gasteiger partial charge in [0.05, 0.1) is 12.7 Å². The van der Waals surface area contributed by atoms with E-state index in [1.807, 2.05) is 12.1 Å². The maximum atomic E-state index is 11.8. The van der Waals surface area contributed by atoms with Crippen molar-refractivity contribution in [3.8, 4) is 0 Å². The Morgan fingerprint density at radius 3 is 3.00 bits per heavy atom. The van der Waals surface area contributed by atoms with Crippen LogP contribution in [0.3, 0.4) is 0 Å². The number of hydrogen-bond acceptors (Lipinski definition) is 3. The van der Waals surface area contributed by atoms with E-state index in [-0.39, 0.29) is 11.8 Å². The van der Waals surface area contributed by atoms with Crippen LogP contribution in [0.4, 0.5) is 11.4 Å². The van der Waals surface area contributed by atoms with Crippen molar-refractivity contribution in [1.82, 2.24) is 0 Å². The first-order valence-electron chi connectivity index (χ1n) is 6.55. The summed E-state index contributed by atoms with van der Waals surface area (Å²) in [6.07, 6.45) is 4.92. The minimum atomic E-state index is -0.246. The van der Waals surface area contributed by atoms with E-state index < -0.39 is 0 Å². The third kappa shape index (κ3) is 2.72. The van der Waals surface area contributed by atoms with Crippen molar-refractivity contribution < 1.29 is 14.0 Å². The van der Waals surface area contributed by atoms with Crippen LogP contribution in [0, 0.1) is 0 Å². The molecule has 0 unspecified atom stereocenters. The fourth-order valence-corrected chi connectivity index (χ4v) is 2.28. The quantitative estimate of drug-likeness (QED) is 0.879. The lowest BCUT2D eigenvalue weighted by Crippen LogP contribution is -2.20. The van der Waals surface area contributed by atoms with E-state index in [1.165, 1.54) is 6.08 Å². The molecule has 0 bridgehead atoms. The van der Waals surface area contributed by atoms with Gasteiger partial charge in [-0.25, -0.2) is 0 Å². The van der Waals surface area contributed by atoms with E-state index in [0.29, 0.717) is 17.9 Å². The zero-order valence-electron chi connectivity index (χ0n) is 11.5. The van der Waals surface area contributed by atoms with E-state index in [2.05, 4.69) is 5.32 Å². The third-order valence-electron chi connectivity index (χ3n) is 3.37. The van der Waals surface area contributed by atoms with Crippen molar-refractivity contribution in [2.75, 3.05) is 17.3 Å². The highest BCUT2D eigenvalue weighted by atomic mass is 16.3. The van der Waals surface area contributed by atoms with Gasteiger partial charge in [-0.1, -0.05) is 0 Å². The van der Waals surface area contributed by atoms with Gasteiger partial charge in [-0.15, -0.1) is 0 Å². The lowest BCUT2D eigenvalue weighted by atomic mass is 10.1. The molecule has 3 rings (SSSR count). The summed E-state index contributed by atoms with van der Waals surface area (Å²) in [4.78, 5) is 25.1. The second kappa shape index (κ2) is 5.28. The molecule has 1 aromatic carbocycles. The number of rotatable bonds is 3. The van der Waals surface area contributed by atoms with Crippen LogP contribution in [0.2, 0.25) is 0 Å². The molecule has 0 radical (unpaired) electrons. The Morgan fingerprint density at radius 2 is 2.24 bits per heavy atom. The fourth-order valence-electron chi connectivity index (χ4n) is 2.28. The summed E-state index contributed by atoms with van der Waals surface area (Å²) in [5, 5.41) is 2.77. The van der Waals surface area contributed by atoms with Gasteiger partial charge in [0.1, 0.15) is 5.76 Å². The number of anilines is 2. The molecule has 2 amide bonds. The molecular formula is C16H14N2O3. The molecule has 0 atom stereocenters. The molecule has 0 saturated heterocycles. The number of carbonyl (C=O) groups excluding carboxylic acids is 2. The molecular weight excluding hydrogens is 268 g/mol. The highest BCUT2D eigenvalue weighted by molar-refractivity contribution is 6.04. The Hall–Kier alpha value is -2.82. The topological polar surface area (TPSA) is 62.6 Å². The van der Waals surface area contributed by atoms with Crippen molar-refractivity contribution in [3.63, 3.8) is 0 Å². The summed E-state index contributed by atoms with van der Waals surface area (Å²) >= 11 is 0. The molecule has 2 heterocycles. The molecule has 2 aromatic rings. The molecule has 1 aliphatic heterocycles. The number of carbonyl (C=O) groups is 2. The molecule has 0 fully saturated rings. The Balaban J connectivity index is 1.70. The van der Waals surface area contributed by atoms with Gasteiger partial charge in [0.25, 0.3) is 0 Å². The van der Waals surface area contributed by atoms with Crippen LogP contribution < -0.4 is 10.2 Å². The second-order valence-electron chi connectivity index (χ2n) is 4.81. The average molecular weight is 282 g/mol. The number of benzene rings is 1. The number of nitrogens with one attached hydrogen (secondary N) is 1. The Kier molecular flexibility index (Phi) is 3.31. The third-order valence-corrected chi connectivity index (χ3v) is 3.37. The molecule has 0 saturated carbocycles. The Bertz CT molecular complexity index is 717. The van der Waals surface area contributed by atoms with Gasteiger partial charge in [0.15, 0.2) is 0 Å². The first kappa shape index (κ1) is 13.2. The van der Waals surface area contributed by atoms with Gasteiger partial charge < -0.3 is 14.6 Å². The van der Waals surface area contributed by atoms with Gasteiger partial charge in [-0.3, -0.25) is 9.59 Å². The first-order chi connectivity index (χ1) is 10.1. The molecule has 5 heteroatoms. The Labute approximate surface area is 121 Å². The SMILES string of the molecule is CN1C(=O)Cc2cc(NC(=O)/C=C/c3ccco3)ccc21. The Morgan fingerprint density at radius 1 is 1.38 bits per heavy atom. The molecule has 21 heavy (non-hydrogen) atoms. The molecule has 1 aliphatic rings. The lowest BCUT2D eigenvalue weighted by molar-refractivity contribution is -0.117. The van der Waals surface area contributed by atoms with Crippen molar-refractivity contribution >= 4 is 29.3 Å². The fraction of sp³-hybridized carbons (Fsp3) is 0.125. The zero-order chi connectivity index (χ0) is 14.8. The predicted molar refractivity (Wildman–Crippen MR) is 79.9 cm³/mol. The van der Waals surface area contributed by atoms with Gasteiger partial charge >= 0.3 is 0 Å². The zero-order valence-corrected chi connectivity index (χ0v) is 11.5. The minimum absolute atomic E-state index is 0.0613. The molecule has 0 aliphatic carbocycles. The van der Waals surface area contributed by atoms with Gasteiger partial charge in [0.2, 0.25) is 11.8 Å². The summed E-state index contributed by atoms with van der Waals surface area (Å²) in [5.74, 6) is 0.432. The summed E-state index contributed by atoms with van der Waals surface area (Å²) in [6.45, 7) is 0. The largest absolute Gasteiger partial charge is 0.465 e. The second-order valence-corrected chi connectivity index (χ2v) is 4.81. The van der Waals surface area contributed by atoms with E-state index in [4.69, 9.17) is 4.42 Å². The number of hydrogen-bond donors (Lipinski definition) is 1. The van der Waals surface area contributed by atoms with Crippen LogP contribution in [0.15, 0.2) is 47.1 Å². The van der Waals surface area contributed by atoms with Crippen LogP contribution >= 0.6 is 0 Å². The summed E-state index contributed by atoms with van der Waals surface area (Å²) in [5.41, 5.74) is 2.49. The van der Waals surface area contributed by atoms with Crippen LogP contribution in [0.5, 0.6) is 0 Å². The molecule has 1 N–H and O–H groups in total. The molecule has 106 valence electrons. The number of amides is 2. The highest BCUT2D eigenvalue weighted by Crippen LogP contribution is 2.29. The highest BCUT2D eigenvalue weighted by Gasteiger charge is 2.23. The number of nitrogens with zero attached hydrogens (tertiary/aromatic N) is 1. The number of fused-ring (bicyclic) bond motifs is 1. The monoisotopic (exact) mass is 282 g/mol. The van der Waals surface area contributed by atoms with Crippen LogP contribution in [0.1, 0.15) is 11.3 Å². The molecule has 0 spiro atoms. The van der Waals surface area contributed by atoms with E-state index in [9.17, 15) is 9.59 Å². The lowest BCUT2D eigenvalue weighted by Gasteiger charge is -2.10. The van der Waals surface area contributed by atoms with E-state index in [0.717, 1.165) is 11.3 Å². The summed E-state index contributed by atoms with van der Waals surface area (Å²) in [7, 11) is 1.75. The normalized spacial score (nSPS) is 13.8. The van der Waals surface area contributed by atoms with Gasteiger partial charge in [-0.2, -0.15) is 0 Å². The van der Waals surface area contributed by atoms with Crippen molar-refractivity contribution in [2.24, 2.45) is 0 Å². The maximum absolute atomic E-state index is 11.8. The van der Waals surface area contributed by atoms with Crippen LogP contribution in [0.25, 0.3) is 6.08 Å². The van der Waals surface area contributed by atoms with Gasteiger partial charge in [0, 0.05) is 24.5 Å². The van der Waals surface area contributed by atoms with E-state index in [1.54, 1.807) is 42.5 Å². The van der Waals surface area contributed by atoms with E-state index >= 15 is 0 Å². The van der Waals surface area contributed by atoms with Gasteiger partial charge in [-0.05, 0) is 42.0 Å². The average Bonchev–Trinajstić information content (AvgIpc) is 3.06. The van der Waals surface area contributed by atoms with Crippen LogP contribution in [-0.2, 0) is 16.0 Å². The maximum Gasteiger partial charge on any atom is 0.248 e. The number of likely N-dealkylation sites (N-methyl/N-ethyl adjacent to an activating group) is 1. The first-order valence-corrected chi connectivity index (χ1v) is 6.55. The van der Waals surface area contributed by atoms with Crippen molar-refractivity contribution in [1.29, 1.82) is 0 Å². The summed E-state index contributed by atoms with van der Waals surface area (Å²) < 4.78 is 5.11. The predicted octanol–water partition coefficient (Wildman–Crippen LogP) is 2.45. The van der Waals surface area contributed by atoms with Crippen molar-refractivity contribution in [2.45, 2.75) is 6.42 Å². The molecule has 1 aromatic heterocycles. The van der Waals surface area contributed by atoms with Crippen molar-refractivity contribution in [3.05, 3.63) is 54.0 Å². The standard InChI is InChI=1S/C16H14N2O3/c1-18-14-6-4-12(9-11(14)10-16(18)20)17-15(19)7-5-13-3-2-8-21-13/h2-9H,10H2,1H3,(H,17,19)/b7-5+. The molecule has 5 nitrogen and oxygen atoms in total. The minimum Gasteiger partial charge on any atom is -0.465 e. The smallest absolute Gasteiger partial charge is 0.248 e. The number of furan rings is 1.